The van der Waals surface area contributed by atoms with E-state index in [1.807, 2.05) is 23.0 Å². The van der Waals surface area contributed by atoms with Crippen molar-refractivity contribution in [3.8, 4) is 0 Å². The van der Waals surface area contributed by atoms with Gasteiger partial charge in [-0.05, 0) is 25.5 Å². The Kier molecular flexibility index (Phi) is 4.73. The zero-order valence-corrected chi connectivity index (χ0v) is 10.8. The molecule has 1 unspecified atom stereocenters. The van der Waals surface area contributed by atoms with Crippen molar-refractivity contribution >= 4 is 10.9 Å². The number of benzene rings is 1. The van der Waals surface area contributed by atoms with Crippen LogP contribution >= 0.6 is 0 Å². The van der Waals surface area contributed by atoms with E-state index in [4.69, 9.17) is 5.11 Å². The van der Waals surface area contributed by atoms with Crippen LogP contribution in [0.2, 0.25) is 0 Å². The maximum Gasteiger partial charge on any atom is 0.0683 e. The molecule has 2 N–H and O–H groups in total. The summed E-state index contributed by atoms with van der Waals surface area (Å²) in [4.78, 5) is 0. The molecule has 0 radical (unpaired) electrons. The molecule has 0 bridgehead atoms. The summed E-state index contributed by atoms with van der Waals surface area (Å²) in [5.74, 6) is 0. The van der Waals surface area contributed by atoms with Crippen LogP contribution in [0.5, 0.6) is 0 Å². The molecule has 2 rings (SSSR count). The number of hydrogen-bond acceptors (Lipinski definition) is 3. The van der Waals surface area contributed by atoms with Crippen LogP contribution in [0.15, 0.2) is 30.5 Å². The van der Waals surface area contributed by atoms with Gasteiger partial charge in [-0.3, -0.25) is 4.68 Å². The van der Waals surface area contributed by atoms with E-state index >= 15 is 0 Å². The molecular weight excluding hydrogens is 226 g/mol. The van der Waals surface area contributed by atoms with Gasteiger partial charge in [0.1, 0.15) is 0 Å². The van der Waals surface area contributed by atoms with Gasteiger partial charge < -0.3 is 10.4 Å². The molecule has 1 aromatic heterocycles. The fourth-order valence-electron chi connectivity index (χ4n) is 2.14. The van der Waals surface area contributed by atoms with Gasteiger partial charge >= 0.3 is 0 Å². The maximum atomic E-state index is 9.11. The highest BCUT2D eigenvalue weighted by Gasteiger charge is 2.10. The molecule has 4 heteroatoms. The number of nitrogens with one attached hydrogen (secondary N) is 1. The lowest BCUT2D eigenvalue weighted by Gasteiger charge is -2.17. The molecule has 1 heterocycles. The Bertz CT molecular complexity index is 481. The van der Waals surface area contributed by atoms with Gasteiger partial charge in [0.25, 0.3) is 0 Å². The Morgan fingerprint density at radius 1 is 1.39 bits per heavy atom. The summed E-state index contributed by atoms with van der Waals surface area (Å²) >= 11 is 0. The van der Waals surface area contributed by atoms with Crippen LogP contribution in [0.4, 0.5) is 0 Å². The Balaban J connectivity index is 2.10. The van der Waals surface area contributed by atoms with Crippen LogP contribution in [0.25, 0.3) is 10.9 Å². The SMILES string of the molecule is CCCNC(CCO)Cn1ncc2ccccc21. The van der Waals surface area contributed by atoms with E-state index in [9.17, 15) is 0 Å². The van der Waals surface area contributed by atoms with Gasteiger partial charge in [0.2, 0.25) is 0 Å². The van der Waals surface area contributed by atoms with Crippen LogP contribution in [0, 0.1) is 0 Å². The predicted molar refractivity (Wildman–Crippen MR) is 73.5 cm³/mol. The van der Waals surface area contributed by atoms with Crippen LogP contribution in [-0.2, 0) is 6.54 Å². The summed E-state index contributed by atoms with van der Waals surface area (Å²) < 4.78 is 2.01. The fourth-order valence-corrected chi connectivity index (χ4v) is 2.14. The Hall–Kier alpha value is -1.39. The number of aliphatic hydroxyl groups excluding tert-OH is 1. The summed E-state index contributed by atoms with van der Waals surface area (Å²) in [6, 6.07) is 8.48. The number of aliphatic hydroxyl groups is 1. The Morgan fingerprint density at radius 3 is 3.00 bits per heavy atom. The molecule has 98 valence electrons. The third-order valence-corrected chi connectivity index (χ3v) is 3.10. The monoisotopic (exact) mass is 247 g/mol. The lowest BCUT2D eigenvalue weighted by atomic mass is 10.2. The molecule has 0 saturated heterocycles. The third kappa shape index (κ3) is 3.09. The van der Waals surface area contributed by atoms with E-state index < -0.39 is 0 Å². The minimum Gasteiger partial charge on any atom is -0.396 e. The Labute approximate surface area is 108 Å². The number of fused-ring (bicyclic) bond motifs is 1. The summed E-state index contributed by atoms with van der Waals surface area (Å²) in [5.41, 5.74) is 1.15. The minimum atomic E-state index is 0.209. The molecule has 0 spiro atoms. The first-order valence-electron chi connectivity index (χ1n) is 6.60. The highest BCUT2D eigenvalue weighted by molar-refractivity contribution is 5.78. The van der Waals surface area contributed by atoms with E-state index in [-0.39, 0.29) is 12.6 Å². The van der Waals surface area contributed by atoms with E-state index in [0.717, 1.165) is 36.8 Å². The van der Waals surface area contributed by atoms with Crippen molar-refractivity contribution in [3.63, 3.8) is 0 Å². The number of aromatic nitrogens is 2. The summed E-state index contributed by atoms with van der Waals surface area (Å²) in [5, 5.41) is 18.1. The average molecular weight is 247 g/mol. The molecule has 0 amide bonds. The van der Waals surface area contributed by atoms with E-state index in [2.05, 4.69) is 29.5 Å². The normalized spacial score (nSPS) is 13.0. The van der Waals surface area contributed by atoms with Crippen molar-refractivity contribution in [1.29, 1.82) is 0 Å². The van der Waals surface area contributed by atoms with E-state index in [1.54, 1.807) is 0 Å². The highest BCUT2D eigenvalue weighted by Crippen LogP contribution is 2.13. The van der Waals surface area contributed by atoms with Crippen LogP contribution < -0.4 is 5.32 Å². The van der Waals surface area contributed by atoms with Crippen LogP contribution in [-0.4, -0.2) is 34.1 Å². The molecule has 1 aromatic carbocycles. The summed E-state index contributed by atoms with van der Waals surface area (Å²) in [6.45, 7) is 4.13. The van der Waals surface area contributed by atoms with Gasteiger partial charge in [-0.1, -0.05) is 25.1 Å². The first-order valence-corrected chi connectivity index (χ1v) is 6.60. The first kappa shape index (κ1) is 13.1. The second-order valence-corrected chi connectivity index (χ2v) is 4.55. The minimum absolute atomic E-state index is 0.209. The van der Waals surface area contributed by atoms with E-state index in [0.29, 0.717) is 0 Å². The second-order valence-electron chi connectivity index (χ2n) is 4.55. The van der Waals surface area contributed by atoms with Gasteiger partial charge in [-0.25, -0.2) is 0 Å². The average Bonchev–Trinajstić information content (AvgIpc) is 2.80. The number of nitrogens with zero attached hydrogens (tertiary/aromatic N) is 2. The molecule has 4 nitrogen and oxygen atoms in total. The molecular formula is C14H21N3O. The lowest BCUT2D eigenvalue weighted by molar-refractivity contribution is 0.255. The van der Waals surface area contributed by atoms with Gasteiger partial charge in [-0.15, -0.1) is 0 Å². The topological polar surface area (TPSA) is 50.1 Å². The number of hydrogen-bond donors (Lipinski definition) is 2. The van der Waals surface area contributed by atoms with Gasteiger partial charge in [0, 0.05) is 18.0 Å². The molecule has 0 aliphatic heterocycles. The molecule has 0 aliphatic carbocycles. The van der Waals surface area contributed by atoms with Crippen LogP contribution in [0.3, 0.4) is 0 Å². The Morgan fingerprint density at radius 2 is 2.22 bits per heavy atom. The smallest absolute Gasteiger partial charge is 0.0683 e. The molecule has 2 aromatic rings. The van der Waals surface area contributed by atoms with Crippen molar-refractivity contribution in [3.05, 3.63) is 30.5 Å². The zero-order valence-electron chi connectivity index (χ0n) is 10.8. The van der Waals surface area contributed by atoms with Gasteiger partial charge in [0.15, 0.2) is 0 Å². The van der Waals surface area contributed by atoms with Crippen molar-refractivity contribution in [2.45, 2.75) is 32.4 Å². The molecule has 1 atom stereocenters. The lowest BCUT2D eigenvalue weighted by Crippen LogP contribution is -2.35. The third-order valence-electron chi connectivity index (χ3n) is 3.10. The summed E-state index contributed by atoms with van der Waals surface area (Å²) in [6.07, 6.45) is 3.75. The maximum absolute atomic E-state index is 9.11. The largest absolute Gasteiger partial charge is 0.396 e. The first-order chi connectivity index (χ1) is 8.85. The van der Waals surface area contributed by atoms with Crippen molar-refractivity contribution in [2.75, 3.05) is 13.2 Å². The molecule has 0 saturated carbocycles. The van der Waals surface area contributed by atoms with Gasteiger partial charge in [-0.2, -0.15) is 5.10 Å². The molecule has 0 fully saturated rings. The van der Waals surface area contributed by atoms with Crippen molar-refractivity contribution < 1.29 is 5.11 Å². The van der Waals surface area contributed by atoms with E-state index in [1.165, 1.54) is 0 Å². The van der Waals surface area contributed by atoms with Gasteiger partial charge in [0.05, 0.1) is 18.3 Å². The second kappa shape index (κ2) is 6.52. The summed E-state index contributed by atoms with van der Waals surface area (Å²) in [7, 11) is 0. The number of rotatable bonds is 7. The molecule has 0 aliphatic rings. The van der Waals surface area contributed by atoms with Crippen molar-refractivity contribution in [1.82, 2.24) is 15.1 Å². The number of para-hydroxylation sites is 1. The van der Waals surface area contributed by atoms with Crippen molar-refractivity contribution in [2.24, 2.45) is 0 Å². The fraction of sp³-hybridized carbons (Fsp3) is 0.500. The predicted octanol–water partition coefficient (Wildman–Crippen LogP) is 1.79. The van der Waals surface area contributed by atoms with Crippen LogP contribution in [0.1, 0.15) is 19.8 Å². The zero-order chi connectivity index (χ0) is 12.8. The quantitative estimate of drug-likeness (QED) is 0.784. The highest BCUT2D eigenvalue weighted by atomic mass is 16.3. The molecule has 18 heavy (non-hydrogen) atoms. The standard InChI is InChI=1S/C14H21N3O/c1-2-8-15-13(7-9-18)11-17-14-6-4-3-5-12(14)10-16-17/h3-6,10,13,15,18H,2,7-9,11H2,1H3.